The van der Waals surface area contributed by atoms with Crippen LogP contribution < -0.4 is 10.1 Å². The van der Waals surface area contributed by atoms with Gasteiger partial charge in [-0.2, -0.15) is 0 Å². The summed E-state index contributed by atoms with van der Waals surface area (Å²) < 4.78 is 5.51. The summed E-state index contributed by atoms with van der Waals surface area (Å²) in [4.78, 5) is 7.20. The maximum absolute atomic E-state index is 5.51. The zero-order chi connectivity index (χ0) is 15.3. The molecule has 1 atom stereocenters. The molecule has 0 amide bonds. The molecule has 1 saturated heterocycles. The lowest BCUT2D eigenvalue weighted by atomic mass is 9.88. The van der Waals surface area contributed by atoms with Gasteiger partial charge in [-0.3, -0.25) is 9.88 Å². The number of hydrogen-bond acceptors (Lipinski definition) is 4. The van der Waals surface area contributed by atoms with Gasteiger partial charge in [0.2, 0.25) is 0 Å². The average Bonchev–Trinajstić information content (AvgIpc) is 2.78. The van der Waals surface area contributed by atoms with Gasteiger partial charge in [0.25, 0.3) is 0 Å². The van der Waals surface area contributed by atoms with Crippen LogP contribution in [0.4, 0.5) is 0 Å². The van der Waals surface area contributed by atoms with E-state index in [2.05, 4.69) is 29.0 Å². The van der Waals surface area contributed by atoms with Crippen molar-refractivity contribution >= 4 is 0 Å². The molecule has 0 saturated carbocycles. The third-order valence-electron chi connectivity index (χ3n) is 4.71. The van der Waals surface area contributed by atoms with Gasteiger partial charge >= 0.3 is 0 Å². The first-order chi connectivity index (χ1) is 10.1. The molecule has 2 heterocycles. The monoisotopic (exact) mass is 291 g/mol. The molecule has 118 valence electrons. The Morgan fingerprint density at radius 1 is 1.24 bits per heavy atom. The predicted octanol–water partition coefficient (Wildman–Crippen LogP) is 3.01. The predicted molar refractivity (Wildman–Crippen MR) is 86.7 cm³/mol. The third kappa shape index (κ3) is 3.55. The number of rotatable bonds is 5. The molecule has 1 N–H and O–H groups in total. The largest absolute Gasteiger partial charge is 0.495 e. The number of likely N-dealkylation sites (tertiary alicyclic amines) is 1. The van der Waals surface area contributed by atoms with Gasteiger partial charge in [0.1, 0.15) is 11.4 Å². The Labute approximate surface area is 128 Å². The minimum atomic E-state index is 0.000718. The highest BCUT2D eigenvalue weighted by Crippen LogP contribution is 2.35. The Bertz CT molecular complexity index is 439. The lowest BCUT2D eigenvalue weighted by Gasteiger charge is -2.43. The van der Waals surface area contributed by atoms with E-state index in [9.17, 15) is 0 Å². The summed E-state index contributed by atoms with van der Waals surface area (Å²) >= 11 is 0. The number of ether oxygens (including phenoxy) is 1. The van der Waals surface area contributed by atoms with E-state index in [1.807, 2.05) is 25.4 Å². The molecule has 0 aliphatic carbocycles. The van der Waals surface area contributed by atoms with Crippen LogP contribution in [-0.4, -0.2) is 42.7 Å². The second-order valence-electron chi connectivity index (χ2n) is 6.37. The molecular formula is C17H29N3O. The Morgan fingerprint density at radius 3 is 2.48 bits per heavy atom. The highest BCUT2D eigenvalue weighted by Gasteiger charge is 2.37. The van der Waals surface area contributed by atoms with Crippen LogP contribution in [0.5, 0.6) is 5.75 Å². The van der Waals surface area contributed by atoms with Crippen LogP contribution in [0.15, 0.2) is 18.3 Å². The normalized spacial score (nSPS) is 19.0. The maximum atomic E-state index is 5.51. The van der Waals surface area contributed by atoms with Crippen molar-refractivity contribution < 1.29 is 4.74 Å². The molecule has 4 nitrogen and oxygen atoms in total. The van der Waals surface area contributed by atoms with Crippen LogP contribution in [0.1, 0.15) is 51.3 Å². The molecule has 1 aliphatic heterocycles. The summed E-state index contributed by atoms with van der Waals surface area (Å²) in [5.41, 5.74) is 0.998. The van der Waals surface area contributed by atoms with Crippen molar-refractivity contribution in [2.75, 3.05) is 27.2 Å². The first-order valence-electron chi connectivity index (χ1n) is 8.02. The maximum Gasteiger partial charge on any atom is 0.142 e. The summed E-state index contributed by atoms with van der Waals surface area (Å²) in [6, 6.07) is 4.06. The van der Waals surface area contributed by atoms with Gasteiger partial charge in [0.05, 0.1) is 13.2 Å². The van der Waals surface area contributed by atoms with E-state index < -0.39 is 0 Å². The second kappa shape index (κ2) is 7.23. The zero-order valence-electron chi connectivity index (χ0n) is 13.9. The number of hydrogen-bond donors (Lipinski definition) is 1. The molecule has 21 heavy (non-hydrogen) atoms. The van der Waals surface area contributed by atoms with Crippen molar-refractivity contribution in [3.8, 4) is 5.75 Å². The van der Waals surface area contributed by atoms with E-state index in [0.717, 1.165) is 11.4 Å². The number of pyridine rings is 1. The Morgan fingerprint density at radius 2 is 1.90 bits per heavy atom. The van der Waals surface area contributed by atoms with Crippen molar-refractivity contribution in [3.05, 3.63) is 24.0 Å². The zero-order valence-corrected chi connectivity index (χ0v) is 13.9. The third-order valence-corrected chi connectivity index (χ3v) is 4.71. The minimum absolute atomic E-state index is 0.000718. The summed E-state index contributed by atoms with van der Waals surface area (Å²) in [5.74, 6) is 0.861. The van der Waals surface area contributed by atoms with Crippen LogP contribution in [-0.2, 0) is 0 Å². The quantitative estimate of drug-likeness (QED) is 0.905. The fourth-order valence-corrected chi connectivity index (χ4v) is 3.45. The Kier molecular flexibility index (Phi) is 5.59. The van der Waals surface area contributed by atoms with E-state index in [-0.39, 0.29) is 11.6 Å². The van der Waals surface area contributed by atoms with E-state index in [0.29, 0.717) is 0 Å². The topological polar surface area (TPSA) is 37.4 Å². The first kappa shape index (κ1) is 16.2. The van der Waals surface area contributed by atoms with E-state index >= 15 is 0 Å². The second-order valence-corrected chi connectivity index (χ2v) is 6.37. The molecule has 0 spiro atoms. The van der Waals surface area contributed by atoms with Crippen molar-refractivity contribution in [1.29, 1.82) is 0 Å². The fraction of sp³-hybridized carbons (Fsp3) is 0.706. The van der Waals surface area contributed by atoms with Crippen LogP contribution in [0, 0.1) is 0 Å². The molecule has 1 aliphatic rings. The highest BCUT2D eigenvalue weighted by molar-refractivity contribution is 5.31. The summed E-state index contributed by atoms with van der Waals surface area (Å²) in [7, 11) is 3.73. The van der Waals surface area contributed by atoms with Gasteiger partial charge in [0, 0.05) is 11.7 Å². The van der Waals surface area contributed by atoms with Gasteiger partial charge in [-0.05, 0) is 59.0 Å². The first-order valence-corrected chi connectivity index (χ1v) is 8.02. The van der Waals surface area contributed by atoms with E-state index in [1.54, 1.807) is 7.11 Å². The molecule has 1 aromatic heterocycles. The molecule has 1 unspecified atom stereocenters. The molecule has 0 aromatic carbocycles. The van der Waals surface area contributed by atoms with E-state index in [1.165, 1.54) is 38.8 Å². The molecule has 4 heteroatoms. The Hall–Kier alpha value is -1.13. The van der Waals surface area contributed by atoms with Crippen LogP contribution in [0.25, 0.3) is 0 Å². The standard InChI is InChI=1S/C17H29N3O/c1-17(2,20-12-7-5-6-8-13-20)16(18-3)15-14(21-4)10-9-11-19-15/h9-11,16,18H,5-8,12-13H2,1-4H3. The molecule has 0 bridgehead atoms. The molecule has 2 rings (SSSR count). The van der Waals surface area contributed by atoms with Crippen molar-refractivity contribution in [1.82, 2.24) is 15.2 Å². The SMILES string of the molecule is CNC(c1ncccc1OC)C(C)(C)N1CCCCCC1. The molecule has 1 aromatic rings. The van der Waals surface area contributed by atoms with E-state index in [4.69, 9.17) is 4.74 Å². The molecule has 0 radical (unpaired) electrons. The average molecular weight is 291 g/mol. The van der Waals surface area contributed by atoms with Crippen molar-refractivity contribution in [3.63, 3.8) is 0 Å². The summed E-state index contributed by atoms with van der Waals surface area (Å²) in [6.45, 7) is 6.96. The molecular weight excluding hydrogens is 262 g/mol. The number of methoxy groups -OCH3 is 1. The fourth-order valence-electron chi connectivity index (χ4n) is 3.45. The van der Waals surface area contributed by atoms with Gasteiger partial charge in [-0.1, -0.05) is 12.8 Å². The minimum Gasteiger partial charge on any atom is -0.495 e. The van der Waals surface area contributed by atoms with Gasteiger partial charge in [0.15, 0.2) is 0 Å². The number of likely N-dealkylation sites (N-methyl/N-ethyl adjacent to an activating group) is 1. The molecule has 1 fully saturated rings. The van der Waals surface area contributed by atoms with Crippen LogP contribution in [0.3, 0.4) is 0 Å². The van der Waals surface area contributed by atoms with Crippen LogP contribution >= 0.6 is 0 Å². The smallest absolute Gasteiger partial charge is 0.142 e. The lowest BCUT2D eigenvalue weighted by molar-refractivity contribution is 0.0837. The van der Waals surface area contributed by atoms with Crippen LogP contribution in [0.2, 0.25) is 0 Å². The van der Waals surface area contributed by atoms with Gasteiger partial charge < -0.3 is 10.1 Å². The van der Waals surface area contributed by atoms with Crippen molar-refractivity contribution in [2.24, 2.45) is 0 Å². The highest BCUT2D eigenvalue weighted by atomic mass is 16.5. The number of aromatic nitrogens is 1. The Balaban J connectivity index is 2.29. The summed E-state index contributed by atoms with van der Waals surface area (Å²) in [6.07, 6.45) is 7.13. The summed E-state index contributed by atoms with van der Waals surface area (Å²) in [5, 5.41) is 3.47. The lowest BCUT2D eigenvalue weighted by Crippen LogP contribution is -2.52. The number of nitrogens with zero attached hydrogens (tertiary/aromatic N) is 2. The number of nitrogens with one attached hydrogen (secondary N) is 1. The van der Waals surface area contributed by atoms with Gasteiger partial charge in [-0.15, -0.1) is 0 Å². The van der Waals surface area contributed by atoms with Gasteiger partial charge in [-0.25, -0.2) is 0 Å². The van der Waals surface area contributed by atoms with Crippen molar-refractivity contribution in [2.45, 2.75) is 51.1 Å².